The highest BCUT2D eigenvalue weighted by Gasteiger charge is 2.33. The van der Waals surface area contributed by atoms with E-state index in [1.807, 2.05) is 6.92 Å². The minimum atomic E-state index is -1.31. The Morgan fingerprint density at radius 3 is 2.65 bits per heavy atom. The van der Waals surface area contributed by atoms with Crippen molar-refractivity contribution in [3.63, 3.8) is 0 Å². The number of thioether (sulfide) groups is 1. The number of aromatic nitrogens is 1. The van der Waals surface area contributed by atoms with Crippen LogP contribution in [-0.2, 0) is 4.79 Å². The number of fused-ring (bicyclic) bond motifs is 3. The molecule has 2 aliphatic rings. The standard InChI is InChI=1S/C17H16FN3O4S/c1-8-21-11-6-12(20-4-3-19(2)13(22)7-20)10(18)5-9(11)15(23)14(17(24)25)16(21)26-8/h5-6,8H,3-4,7H2,1-2H3,(H,24,25). The predicted octanol–water partition coefficient (Wildman–Crippen LogP) is 1.74. The number of piperazine rings is 1. The van der Waals surface area contributed by atoms with Gasteiger partial charge in [-0.25, -0.2) is 9.18 Å². The molecule has 1 N–H and O–H groups in total. The van der Waals surface area contributed by atoms with Crippen molar-refractivity contribution < 1.29 is 19.1 Å². The molecule has 7 nitrogen and oxygen atoms in total. The second kappa shape index (κ2) is 5.73. The van der Waals surface area contributed by atoms with Gasteiger partial charge in [0.1, 0.15) is 11.4 Å². The topological polar surface area (TPSA) is 82.8 Å². The molecule has 2 aromatic rings. The van der Waals surface area contributed by atoms with Gasteiger partial charge in [-0.2, -0.15) is 0 Å². The number of halogens is 1. The second-order valence-electron chi connectivity index (χ2n) is 6.46. The van der Waals surface area contributed by atoms with Crippen molar-refractivity contribution in [3.8, 4) is 0 Å². The monoisotopic (exact) mass is 377 g/mol. The predicted molar refractivity (Wildman–Crippen MR) is 95.5 cm³/mol. The number of rotatable bonds is 2. The molecule has 1 fully saturated rings. The molecular formula is C17H16FN3O4S. The molecule has 4 rings (SSSR count). The van der Waals surface area contributed by atoms with Crippen LogP contribution in [0.25, 0.3) is 10.9 Å². The van der Waals surface area contributed by atoms with Crippen LogP contribution in [0.15, 0.2) is 22.0 Å². The molecule has 0 aliphatic carbocycles. The lowest BCUT2D eigenvalue weighted by molar-refractivity contribution is -0.129. The Morgan fingerprint density at radius 2 is 2.04 bits per heavy atom. The van der Waals surface area contributed by atoms with Crippen LogP contribution in [-0.4, -0.2) is 53.1 Å². The molecule has 1 aromatic carbocycles. The zero-order valence-electron chi connectivity index (χ0n) is 14.2. The fourth-order valence-corrected chi connectivity index (χ4v) is 4.59. The van der Waals surface area contributed by atoms with Gasteiger partial charge in [-0.05, 0) is 19.1 Å². The molecule has 26 heavy (non-hydrogen) atoms. The highest BCUT2D eigenvalue weighted by Crippen LogP contribution is 2.46. The number of likely N-dealkylation sites (N-methyl/N-ethyl adjacent to an activating group) is 1. The molecule has 1 amide bonds. The van der Waals surface area contributed by atoms with Gasteiger partial charge in [-0.15, -0.1) is 0 Å². The molecule has 0 saturated carbocycles. The summed E-state index contributed by atoms with van der Waals surface area (Å²) in [6, 6.07) is 2.64. The quantitative estimate of drug-likeness (QED) is 0.859. The van der Waals surface area contributed by atoms with Crippen molar-refractivity contribution in [2.75, 3.05) is 31.6 Å². The SMILES string of the molecule is CC1Sc2c(C(=O)O)c(=O)c3cc(F)c(N4CCN(C)C(=O)C4)cc3n21. The number of benzene rings is 1. The number of pyridine rings is 1. The van der Waals surface area contributed by atoms with Gasteiger partial charge < -0.3 is 19.5 Å². The average molecular weight is 377 g/mol. The Kier molecular flexibility index (Phi) is 3.72. The number of nitrogens with zero attached hydrogens (tertiary/aromatic N) is 3. The van der Waals surface area contributed by atoms with E-state index in [-0.39, 0.29) is 34.5 Å². The summed E-state index contributed by atoms with van der Waals surface area (Å²) in [6.45, 7) is 2.92. The highest BCUT2D eigenvalue weighted by atomic mass is 32.2. The van der Waals surface area contributed by atoms with Gasteiger partial charge in [0.05, 0.1) is 28.1 Å². The third kappa shape index (κ3) is 2.30. The van der Waals surface area contributed by atoms with E-state index in [1.165, 1.54) is 11.8 Å². The number of carboxylic acid groups (broad SMARTS) is 1. The molecule has 1 saturated heterocycles. The van der Waals surface area contributed by atoms with Crippen LogP contribution in [0.5, 0.6) is 0 Å². The smallest absolute Gasteiger partial charge is 0.342 e. The number of hydrogen-bond acceptors (Lipinski definition) is 5. The van der Waals surface area contributed by atoms with Crippen LogP contribution in [0.2, 0.25) is 0 Å². The molecule has 2 aliphatic heterocycles. The fraction of sp³-hybridized carbons (Fsp3) is 0.353. The van der Waals surface area contributed by atoms with Gasteiger partial charge in [0.2, 0.25) is 11.3 Å². The third-order valence-corrected chi connectivity index (χ3v) is 6.06. The third-order valence-electron chi connectivity index (χ3n) is 4.89. The number of hydrogen-bond donors (Lipinski definition) is 1. The van der Waals surface area contributed by atoms with Crippen LogP contribution in [0.3, 0.4) is 0 Å². The maximum absolute atomic E-state index is 14.7. The number of amides is 1. The van der Waals surface area contributed by atoms with Crippen LogP contribution in [0.1, 0.15) is 22.7 Å². The average Bonchev–Trinajstić information content (AvgIpc) is 2.57. The lowest BCUT2D eigenvalue weighted by Gasteiger charge is -2.35. The molecule has 3 heterocycles. The van der Waals surface area contributed by atoms with E-state index in [9.17, 15) is 23.9 Å². The zero-order valence-corrected chi connectivity index (χ0v) is 15.0. The zero-order chi connectivity index (χ0) is 18.7. The maximum atomic E-state index is 14.7. The van der Waals surface area contributed by atoms with Gasteiger partial charge >= 0.3 is 5.97 Å². The Balaban J connectivity index is 1.93. The van der Waals surface area contributed by atoms with Crippen LogP contribution < -0.4 is 10.3 Å². The van der Waals surface area contributed by atoms with Crippen molar-refractivity contribution in [2.45, 2.75) is 17.3 Å². The first-order valence-electron chi connectivity index (χ1n) is 8.10. The van der Waals surface area contributed by atoms with Crippen LogP contribution >= 0.6 is 11.8 Å². The van der Waals surface area contributed by atoms with Crippen LogP contribution in [0.4, 0.5) is 10.1 Å². The summed E-state index contributed by atoms with van der Waals surface area (Å²) in [5, 5.41) is 9.73. The van der Waals surface area contributed by atoms with E-state index in [0.29, 0.717) is 23.6 Å². The summed E-state index contributed by atoms with van der Waals surface area (Å²) < 4.78 is 16.5. The summed E-state index contributed by atoms with van der Waals surface area (Å²) in [7, 11) is 1.70. The molecule has 136 valence electrons. The summed E-state index contributed by atoms with van der Waals surface area (Å²) in [4.78, 5) is 39.2. The summed E-state index contributed by atoms with van der Waals surface area (Å²) in [6.07, 6.45) is 0. The van der Waals surface area contributed by atoms with Crippen LogP contribution in [0, 0.1) is 5.82 Å². The lowest BCUT2D eigenvalue weighted by Crippen LogP contribution is -2.48. The Hall–Kier alpha value is -2.55. The van der Waals surface area contributed by atoms with Gasteiger partial charge in [0, 0.05) is 25.5 Å². The molecule has 1 aromatic heterocycles. The summed E-state index contributed by atoms with van der Waals surface area (Å²) in [5.41, 5.74) is -0.259. The van der Waals surface area contributed by atoms with Crippen molar-refractivity contribution in [3.05, 3.63) is 33.7 Å². The van der Waals surface area contributed by atoms with Crippen molar-refractivity contribution in [1.29, 1.82) is 0 Å². The largest absolute Gasteiger partial charge is 0.477 e. The van der Waals surface area contributed by atoms with Gasteiger partial charge in [0.15, 0.2) is 0 Å². The number of aromatic carboxylic acids is 1. The van der Waals surface area contributed by atoms with E-state index < -0.39 is 17.2 Å². The van der Waals surface area contributed by atoms with Crippen molar-refractivity contribution in [2.24, 2.45) is 0 Å². The molecule has 1 unspecified atom stereocenters. The Labute approximate surface area is 152 Å². The fourth-order valence-electron chi connectivity index (χ4n) is 3.43. The minimum Gasteiger partial charge on any atom is -0.477 e. The molecule has 0 radical (unpaired) electrons. The van der Waals surface area contributed by atoms with Gasteiger partial charge in [-0.1, -0.05) is 11.8 Å². The maximum Gasteiger partial charge on any atom is 0.342 e. The van der Waals surface area contributed by atoms with E-state index in [0.717, 1.165) is 6.07 Å². The molecule has 1 atom stereocenters. The second-order valence-corrected chi connectivity index (χ2v) is 7.76. The first kappa shape index (κ1) is 16.9. The van der Waals surface area contributed by atoms with E-state index in [2.05, 4.69) is 0 Å². The van der Waals surface area contributed by atoms with Gasteiger partial charge in [0.25, 0.3) is 0 Å². The highest BCUT2D eigenvalue weighted by molar-refractivity contribution is 8.00. The molecule has 0 spiro atoms. The number of carbonyl (C=O) groups excluding carboxylic acids is 1. The molecule has 0 bridgehead atoms. The number of carbonyl (C=O) groups is 2. The minimum absolute atomic E-state index is 0.0417. The molecule has 9 heteroatoms. The first-order valence-corrected chi connectivity index (χ1v) is 8.98. The number of anilines is 1. The normalized spacial score (nSPS) is 19.5. The van der Waals surface area contributed by atoms with Gasteiger partial charge in [-0.3, -0.25) is 9.59 Å². The van der Waals surface area contributed by atoms with E-state index in [4.69, 9.17) is 0 Å². The number of carboxylic acids is 1. The Morgan fingerprint density at radius 1 is 1.31 bits per heavy atom. The summed E-state index contributed by atoms with van der Waals surface area (Å²) >= 11 is 1.30. The van der Waals surface area contributed by atoms with E-state index in [1.54, 1.807) is 27.5 Å². The van der Waals surface area contributed by atoms with Crippen molar-refractivity contribution >= 4 is 40.2 Å². The molecular weight excluding hydrogens is 361 g/mol. The van der Waals surface area contributed by atoms with E-state index >= 15 is 0 Å². The summed E-state index contributed by atoms with van der Waals surface area (Å²) in [5.74, 6) is -2.05. The lowest BCUT2D eigenvalue weighted by atomic mass is 10.1. The van der Waals surface area contributed by atoms with Crippen molar-refractivity contribution in [1.82, 2.24) is 9.47 Å². The first-order chi connectivity index (χ1) is 12.3. The Bertz CT molecular complexity index is 1040.